The lowest BCUT2D eigenvalue weighted by Gasteiger charge is -2.36. The van der Waals surface area contributed by atoms with Gasteiger partial charge in [0.25, 0.3) is 0 Å². The van der Waals surface area contributed by atoms with Gasteiger partial charge < -0.3 is 10.2 Å². The lowest BCUT2D eigenvalue weighted by molar-refractivity contribution is -0.136. The largest absolute Gasteiger partial charge is 0.340 e. The van der Waals surface area contributed by atoms with E-state index in [0.29, 0.717) is 5.91 Å². The average molecular weight is 396 g/mol. The normalized spacial score (nSPS) is 20.5. The number of halogens is 2. The van der Waals surface area contributed by atoms with E-state index in [2.05, 4.69) is 57.6 Å². The van der Waals surface area contributed by atoms with Gasteiger partial charge >= 0.3 is 0 Å². The minimum Gasteiger partial charge on any atom is -0.340 e. The van der Waals surface area contributed by atoms with Crippen molar-refractivity contribution in [1.29, 1.82) is 0 Å². The number of hydrogen-bond donors (Lipinski definition) is 1. The molecule has 0 aromatic heterocycles. The Bertz CT molecular complexity index is 721. The monoisotopic (exact) mass is 395 g/mol. The number of fused-ring (bicyclic) bond motifs is 1. The summed E-state index contributed by atoms with van der Waals surface area (Å²) in [7, 11) is 0. The Balaban J connectivity index is 0.00000121. The zero-order valence-corrected chi connectivity index (χ0v) is 16.5. The molecule has 2 fully saturated rings. The number of rotatable bonds is 3. The number of carbonyl (C=O) groups excluding carboxylic acids is 1. The molecule has 1 amide bonds. The number of benzene rings is 2. The van der Waals surface area contributed by atoms with Crippen molar-refractivity contribution >= 4 is 41.5 Å². The molecule has 2 aromatic rings. The van der Waals surface area contributed by atoms with Crippen LogP contribution in [-0.4, -0.2) is 55.0 Å². The minimum absolute atomic E-state index is 0. The van der Waals surface area contributed by atoms with Crippen LogP contribution < -0.4 is 5.32 Å². The van der Waals surface area contributed by atoms with Crippen molar-refractivity contribution in [3.8, 4) is 0 Å². The Hall–Kier alpha value is -1.33. The van der Waals surface area contributed by atoms with E-state index in [4.69, 9.17) is 0 Å². The van der Waals surface area contributed by atoms with Crippen molar-refractivity contribution in [3.63, 3.8) is 0 Å². The second kappa shape index (κ2) is 9.56. The number of piperazine rings is 1. The van der Waals surface area contributed by atoms with Crippen LogP contribution in [0.25, 0.3) is 10.8 Å². The molecule has 4 nitrogen and oxygen atoms in total. The van der Waals surface area contributed by atoms with Gasteiger partial charge in [0.1, 0.15) is 0 Å². The number of nitrogens with zero attached hydrogens (tertiary/aromatic N) is 2. The van der Waals surface area contributed by atoms with Crippen molar-refractivity contribution in [1.82, 2.24) is 15.1 Å². The van der Waals surface area contributed by atoms with Gasteiger partial charge in [-0.15, -0.1) is 24.8 Å². The molecule has 142 valence electrons. The van der Waals surface area contributed by atoms with E-state index in [1.54, 1.807) is 0 Å². The highest BCUT2D eigenvalue weighted by atomic mass is 35.5. The third-order valence-corrected chi connectivity index (χ3v) is 5.37. The Morgan fingerprint density at radius 3 is 2.46 bits per heavy atom. The highest BCUT2D eigenvalue weighted by Crippen LogP contribution is 2.21. The molecule has 0 aliphatic carbocycles. The van der Waals surface area contributed by atoms with Gasteiger partial charge in [0.05, 0.1) is 5.92 Å². The lowest BCUT2D eigenvalue weighted by Crippen LogP contribution is -2.50. The summed E-state index contributed by atoms with van der Waals surface area (Å²) in [6.45, 7) is 6.46. The van der Waals surface area contributed by atoms with Crippen molar-refractivity contribution in [3.05, 3.63) is 48.0 Å². The Morgan fingerprint density at radius 1 is 1.00 bits per heavy atom. The lowest BCUT2D eigenvalue weighted by atomic mass is 10.0. The molecule has 0 spiro atoms. The third-order valence-electron chi connectivity index (χ3n) is 5.37. The van der Waals surface area contributed by atoms with Crippen LogP contribution in [-0.2, 0) is 11.3 Å². The maximum atomic E-state index is 12.5. The molecule has 1 atom stereocenters. The summed E-state index contributed by atoms with van der Waals surface area (Å²) in [6, 6.07) is 15.1. The summed E-state index contributed by atoms with van der Waals surface area (Å²) in [6.07, 6.45) is 0.995. The third kappa shape index (κ3) is 4.49. The van der Waals surface area contributed by atoms with Gasteiger partial charge in [-0.3, -0.25) is 9.69 Å². The summed E-state index contributed by atoms with van der Waals surface area (Å²) < 4.78 is 0. The van der Waals surface area contributed by atoms with E-state index >= 15 is 0 Å². The zero-order chi connectivity index (χ0) is 16.4. The van der Waals surface area contributed by atoms with Gasteiger partial charge in [-0.1, -0.05) is 42.5 Å². The molecule has 6 heteroatoms. The summed E-state index contributed by atoms with van der Waals surface area (Å²) in [5, 5.41) is 5.94. The van der Waals surface area contributed by atoms with Crippen LogP contribution >= 0.6 is 24.8 Å². The van der Waals surface area contributed by atoms with Gasteiger partial charge in [0.15, 0.2) is 0 Å². The van der Waals surface area contributed by atoms with E-state index in [0.717, 1.165) is 52.2 Å². The van der Waals surface area contributed by atoms with E-state index in [-0.39, 0.29) is 30.7 Å². The molecular formula is C20H27Cl2N3O. The molecule has 26 heavy (non-hydrogen) atoms. The smallest absolute Gasteiger partial charge is 0.227 e. The summed E-state index contributed by atoms with van der Waals surface area (Å²) in [4.78, 5) is 17.0. The second-order valence-electron chi connectivity index (χ2n) is 6.93. The highest BCUT2D eigenvalue weighted by molar-refractivity contribution is 5.86. The van der Waals surface area contributed by atoms with E-state index in [1.807, 2.05) is 0 Å². The van der Waals surface area contributed by atoms with Crippen molar-refractivity contribution in [2.75, 3.05) is 39.3 Å². The molecule has 1 unspecified atom stereocenters. The van der Waals surface area contributed by atoms with Gasteiger partial charge in [0, 0.05) is 39.3 Å². The average Bonchev–Trinajstić information content (AvgIpc) is 3.17. The maximum absolute atomic E-state index is 12.5. The molecule has 0 radical (unpaired) electrons. The van der Waals surface area contributed by atoms with Crippen molar-refractivity contribution in [2.45, 2.75) is 13.0 Å². The minimum atomic E-state index is 0. The van der Waals surface area contributed by atoms with Gasteiger partial charge in [-0.2, -0.15) is 0 Å². The zero-order valence-electron chi connectivity index (χ0n) is 14.9. The summed E-state index contributed by atoms with van der Waals surface area (Å²) >= 11 is 0. The van der Waals surface area contributed by atoms with Crippen LogP contribution in [0.15, 0.2) is 42.5 Å². The Kier molecular flexibility index (Phi) is 7.71. The van der Waals surface area contributed by atoms with Crippen molar-refractivity contribution in [2.24, 2.45) is 5.92 Å². The van der Waals surface area contributed by atoms with Crippen LogP contribution in [0.3, 0.4) is 0 Å². The first kappa shape index (κ1) is 21.0. The molecule has 4 rings (SSSR count). The first-order chi connectivity index (χ1) is 11.8. The Labute approximate surface area is 167 Å². The SMILES string of the molecule is Cl.Cl.O=C(C1CCNC1)N1CCN(Cc2cccc3ccccc23)CC1. The molecule has 0 bridgehead atoms. The van der Waals surface area contributed by atoms with Gasteiger partial charge in [-0.25, -0.2) is 0 Å². The molecule has 2 aliphatic heterocycles. The molecule has 2 aromatic carbocycles. The molecule has 1 N–H and O–H groups in total. The van der Waals surface area contributed by atoms with Gasteiger partial charge in [-0.05, 0) is 29.3 Å². The van der Waals surface area contributed by atoms with Crippen LogP contribution in [0.1, 0.15) is 12.0 Å². The molecule has 2 aliphatic rings. The highest BCUT2D eigenvalue weighted by Gasteiger charge is 2.29. The number of amides is 1. The Morgan fingerprint density at radius 2 is 1.73 bits per heavy atom. The second-order valence-corrected chi connectivity index (χ2v) is 6.93. The molecule has 2 saturated heterocycles. The van der Waals surface area contributed by atoms with Crippen LogP contribution in [0.4, 0.5) is 0 Å². The fourth-order valence-corrected chi connectivity index (χ4v) is 3.92. The van der Waals surface area contributed by atoms with E-state index in [1.165, 1.54) is 16.3 Å². The summed E-state index contributed by atoms with van der Waals surface area (Å²) in [5.41, 5.74) is 1.38. The van der Waals surface area contributed by atoms with E-state index < -0.39 is 0 Å². The number of nitrogens with one attached hydrogen (secondary N) is 1. The first-order valence-electron chi connectivity index (χ1n) is 9.00. The maximum Gasteiger partial charge on any atom is 0.227 e. The topological polar surface area (TPSA) is 35.6 Å². The van der Waals surface area contributed by atoms with Crippen LogP contribution in [0.5, 0.6) is 0 Å². The molecule has 0 saturated carbocycles. The summed E-state index contributed by atoms with van der Waals surface area (Å²) in [5.74, 6) is 0.555. The fraction of sp³-hybridized carbons (Fsp3) is 0.450. The van der Waals surface area contributed by atoms with Gasteiger partial charge in [0.2, 0.25) is 5.91 Å². The number of carbonyl (C=O) groups is 1. The van der Waals surface area contributed by atoms with Crippen molar-refractivity contribution < 1.29 is 4.79 Å². The predicted molar refractivity (Wildman–Crippen MR) is 111 cm³/mol. The number of hydrogen-bond acceptors (Lipinski definition) is 3. The predicted octanol–water partition coefficient (Wildman–Crippen LogP) is 2.94. The van der Waals surface area contributed by atoms with Crippen LogP contribution in [0, 0.1) is 5.92 Å². The molecule has 2 heterocycles. The quantitative estimate of drug-likeness (QED) is 0.867. The van der Waals surface area contributed by atoms with E-state index in [9.17, 15) is 4.79 Å². The fourth-order valence-electron chi connectivity index (χ4n) is 3.92. The van der Waals surface area contributed by atoms with Crippen LogP contribution in [0.2, 0.25) is 0 Å². The molecular weight excluding hydrogens is 369 g/mol. The first-order valence-corrected chi connectivity index (χ1v) is 9.00. The standard InChI is InChI=1S/C20H25N3O.2ClH/c24-20(17-8-9-21-14-17)23-12-10-22(11-13-23)15-18-6-3-5-16-4-1-2-7-19(16)18;;/h1-7,17,21H,8-15H2;2*1H.